The van der Waals surface area contributed by atoms with Crippen LogP contribution in [-0.2, 0) is 4.79 Å². The molecular weight excluding hydrogens is 269 g/mol. The Balaban J connectivity index is 1.85. The third kappa shape index (κ3) is 4.51. The van der Waals surface area contributed by atoms with Gasteiger partial charge in [-0.25, -0.2) is 4.39 Å². The first-order chi connectivity index (χ1) is 9.95. The number of benzene rings is 1. The van der Waals surface area contributed by atoms with Gasteiger partial charge >= 0.3 is 0 Å². The summed E-state index contributed by atoms with van der Waals surface area (Å²) in [5.74, 6) is -0.273. The molecule has 1 amide bonds. The van der Waals surface area contributed by atoms with E-state index >= 15 is 0 Å². The monoisotopic (exact) mass is 293 g/mol. The third-order valence-corrected chi connectivity index (χ3v) is 4.15. The quantitative estimate of drug-likeness (QED) is 0.890. The number of nitrogens with zero attached hydrogens (tertiary/aromatic N) is 1. The van der Waals surface area contributed by atoms with Crippen LogP contribution in [0.2, 0.25) is 0 Å². The summed E-state index contributed by atoms with van der Waals surface area (Å²) in [7, 11) is 0. The molecule has 1 heterocycles. The first-order valence-corrected chi connectivity index (χ1v) is 7.50. The molecule has 1 aliphatic heterocycles. The molecule has 21 heavy (non-hydrogen) atoms. The molecule has 5 heteroatoms. The van der Waals surface area contributed by atoms with E-state index in [1.165, 1.54) is 12.1 Å². The Morgan fingerprint density at radius 1 is 1.48 bits per heavy atom. The van der Waals surface area contributed by atoms with E-state index in [1.807, 2.05) is 6.92 Å². The highest BCUT2D eigenvalue weighted by Gasteiger charge is 2.25. The van der Waals surface area contributed by atoms with Crippen molar-refractivity contribution in [2.24, 2.45) is 5.73 Å². The highest BCUT2D eigenvalue weighted by molar-refractivity contribution is 5.78. The maximum atomic E-state index is 12.9. The van der Waals surface area contributed by atoms with Crippen LogP contribution in [0.4, 0.5) is 4.39 Å². The number of rotatable bonds is 4. The van der Waals surface area contributed by atoms with Crippen molar-refractivity contribution >= 4 is 5.91 Å². The predicted octanol–water partition coefficient (Wildman–Crippen LogP) is 1.81. The van der Waals surface area contributed by atoms with Crippen LogP contribution in [0.3, 0.4) is 0 Å². The molecule has 3 atom stereocenters. The van der Waals surface area contributed by atoms with Gasteiger partial charge in [0.25, 0.3) is 0 Å². The fraction of sp³-hybridized carbons (Fsp3) is 0.562. The van der Waals surface area contributed by atoms with Crippen molar-refractivity contribution in [3.63, 3.8) is 0 Å². The molecule has 0 bridgehead atoms. The molecule has 0 aromatic heterocycles. The molecule has 3 N–H and O–H groups in total. The summed E-state index contributed by atoms with van der Waals surface area (Å²) in [6.07, 6.45) is 1.87. The molecule has 1 aliphatic rings. The van der Waals surface area contributed by atoms with Crippen LogP contribution in [0.5, 0.6) is 0 Å². The highest BCUT2D eigenvalue weighted by Crippen LogP contribution is 2.16. The van der Waals surface area contributed by atoms with Gasteiger partial charge in [-0.1, -0.05) is 12.1 Å². The van der Waals surface area contributed by atoms with E-state index < -0.39 is 0 Å². The van der Waals surface area contributed by atoms with Crippen LogP contribution in [0, 0.1) is 5.82 Å². The van der Waals surface area contributed by atoms with Gasteiger partial charge in [0.15, 0.2) is 0 Å². The number of carbonyl (C=O) groups excluding carboxylic acids is 1. The van der Waals surface area contributed by atoms with Gasteiger partial charge in [0, 0.05) is 18.6 Å². The van der Waals surface area contributed by atoms with Crippen molar-refractivity contribution in [3.05, 3.63) is 35.6 Å². The SMILES string of the molecule is CC(NC(=O)CN1CCC(N)CC1C)c1ccc(F)cc1. The number of likely N-dealkylation sites (tertiary alicyclic amines) is 1. The molecule has 1 fully saturated rings. The predicted molar refractivity (Wildman–Crippen MR) is 81.2 cm³/mol. The normalized spacial score (nSPS) is 24.6. The molecule has 1 aromatic carbocycles. The van der Waals surface area contributed by atoms with Crippen molar-refractivity contribution < 1.29 is 9.18 Å². The second-order valence-electron chi connectivity index (χ2n) is 5.94. The van der Waals surface area contributed by atoms with E-state index in [4.69, 9.17) is 5.73 Å². The Hall–Kier alpha value is -1.46. The number of nitrogens with two attached hydrogens (primary N) is 1. The zero-order valence-electron chi connectivity index (χ0n) is 12.7. The van der Waals surface area contributed by atoms with Gasteiger partial charge in [0.05, 0.1) is 12.6 Å². The Labute approximate surface area is 125 Å². The second kappa shape index (κ2) is 7.00. The van der Waals surface area contributed by atoms with E-state index in [1.54, 1.807) is 12.1 Å². The largest absolute Gasteiger partial charge is 0.348 e. The number of hydrogen-bond acceptors (Lipinski definition) is 3. The average Bonchev–Trinajstić information content (AvgIpc) is 2.42. The molecule has 4 nitrogen and oxygen atoms in total. The lowest BCUT2D eigenvalue weighted by Gasteiger charge is -2.36. The first-order valence-electron chi connectivity index (χ1n) is 7.50. The minimum absolute atomic E-state index is 0.00542. The summed E-state index contributed by atoms with van der Waals surface area (Å²) in [4.78, 5) is 14.3. The molecule has 0 radical (unpaired) electrons. The summed E-state index contributed by atoms with van der Waals surface area (Å²) in [6, 6.07) is 6.67. The number of amides is 1. The van der Waals surface area contributed by atoms with Gasteiger partial charge in [0.1, 0.15) is 5.82 Å². The summed E-state index contributed by atoms with van der Waals surface area (Å²) >= 11 is 0. The average molecular weight is 293 g/mol. The highest BCUT2D eigenvalue weighted by atomic mass is 19.1. The Bertz CT molecular complexity index is 477. The number of halogens is 1. The lowest BCUT2D eigenvalue weighted by Crippen LogP contribution is -2.49. The maximum absolute atomic E-state index is 12.9. The number of piperidine rings is 1. The molecule has 0 spiro atoms. The van der Waals surface area contributed by atoms with Crippen molar-refractivity contribution in [1.29, 1.82) is 0 Å². The van der Waals surface area contributed by atoms with Crippen LogP contribution in [0.1, 0.15) is 38.3 Å². The molecule has 1 saturated heterocycles. The summed E-state index contributed by atoms with van der Waals surface area (Å²) < 4.78 is 12.9. The van der Waals surface area contributed by atoms with E-state index in [0.29, 0.717) is 12.6 Å². The van der Waals surface area contributed by atoms with Crippen molar-refractivity contribution in [2.45, 2.75) is 44.8 Å². The minimum atomic E-state index is -0.268. The zero-order chi connectivity index (χ0) is 15.4. The summed E-state index contributed by atoms with van der Waals surface area (Å²) in [5.41, 5.74) is 6.83. The van der Waals surface area contributed by atoms with Gasteiger partial charge in [-0.3, -0.25) is 9.69 Å². The van der Waals surface area contributed by atoms with E-state index in [0.717, 1.165) is 24.9 Å². The zero-order valence-corrected chi connectivity index (χ0v) is 12.7. The van der Waals surface area contributed by atoms with Crippen LogP contribution in [-0.4, -0.2) is 36.0 Å². The van der Waals surface area contributed by atoms with Crippen molar-refractivity contribution in [2.75, 3.05) is 13.1 Å². The standard InChI is InChI=1S/C16H24FN3O/c1-11-9-15(18)7-8-20(11)10-16(21)19-12(2)13-3-5-14(17)6-4-13/h3-6,11-12,15H,7-10,18H2,1-2H3,(H,19,21). The number of nitrogens with one attached hydrogen (secondary N) is 1. The van der Waals surface area contributed by atoms with E-state index in [9.17, 15) is 9.18 Å². The third-order valence-electron chi connectivity index (χ3n) is 4.15. The van der Waals surface area contributed by atoms with Crippen LogP contribution in [0.15, 0.2) is 24.3 Å². The van der Waals surface area contributed by atoms with Gasteiger partial charge in [-0.2, -0.15) is 0 Å². The summed E-state index contributed by atoms with van der Waals surface area (Å²) in [6.45, 7) is 5.26. The smallest absolute Gasteiger partial charge is 0.234 e. The van der Waals surface area contributed by atoms with Crippen molar-refractivity contribution in [3.8, 4) is 0 Å². The maximum Gasteiger partial charge on any atom is 0.234 e. The first kappa shape index (κ1) is 15.9. The molecule has 3 unspecified atom stereocenters. The lowest BCUT2D eigenvalue weighted by molar-refractivity contribution is -0.123. The molecule has 0 aliphatic carbocycles. The summed E-state index contributed by atoms with van der Waals surface area (Å²) in [5, 5.41) is 2.96. The Morgan fingerprint density at radius 3 is 2.76 bits per heavy atom. The fourth-order valence-electron chi connectivity index (χ4n) is 2.80. The van der Waals surface area contributed by atoms with E-state index in [-0.39, 0.29) is 23.8 Å². The van der Waals surface area contributed by atoms with Crippen LogP contribution in [0.25, 0.3) is 0 Å². The van der Waals surface area contributed by atoms with Crippen LogP contribution < -0.4 is 11.1 Å². The molecule has 0 saturated carbocycles. The molecular formula is C16H24FN3O. The topological polar surface area (TPSA) is 58.4 Å². The fourth-order valence-corrected chi connectivity index (χ4v) is 2.80. The molecule has 116 valence electrons. The molecule has 2 rings (SSSR count). The minimum Gasteiger partial charge on any atom is -0.348 e. The van der Waals surface area contributed by atoms with Crippen LogP contribution >= 0.6 is 0 Å². The second-order valence-corrected chi connectivity index (χ2v) is 5.94. The number of hydrogen-bond donors (Lipinski definition) is 2. The van der Waals surface area contributed by atoms with Gasteiger partial charge in [0.2, 0.25) is 5.91 Å². The van der Waals surface area contributed by atoms with Gasteiger partial charge in [-0.05, 0) is 44.4 Å². The number of carbonyl (C=O) groups is 1. The lowest BCUT2D eigenvalue weighted by atomic mass is 9.99. The molecule has 1 aromatic rings. The Morgan fingerprint density at radius 2 is 2.14 bits per heavy atom. The van der Waals surface area contributed by atoms with Gasteiger partial charge < -0.3 is 11.1 Å². The Kier molecular flexibility index (Phi) is 5.31. The van der Waals surface area contributed by atoms with Gasteiger partial charge in [-0.15, -0.1) is 0 Å². The van der Waals surface area contributed by atoms with Crippen molar-refractivity contribution in [1.82, 2.24) is 10.2 Å². The van der Waals surface area contributed by atoms with E-state index in [2.05, 4.69) is 17.1 Å².